The zero-order valence-corrected chi connectivity index (χ0v) is 16.1. The van der Waals surface area contributed by atoms with Gasteiger partial charge in [-0.3, -0.25) is 14.6 Å². The molecule has 0 saturated carbocycles. The monoisotopic (exact) mass is 384 g/mol. The minimum Gasteiger partial charge on any atom is -0.454 e. The standard InChI is InChI=1S/C22H25FN2O3/c1-2-19(22(26)17-4-6-18(23)7-5-17)25-11-9-24(10-12-25)14-16-3-8-20-21(13-16)28-15-27-20/h3-8,13,19H,2,9-12,14-15H2,1H3. The van der Waals surface area contributed by atoms with Crippen molar-refractivity contribution in [2.75, 3.05) is 33.0 Å². The maximum Gasteiger partial charge on any atom is 0.231 e. The average Bonchev–Trinajstić information content (AvgIpc) is 3.18. The Hall–Kier alpha value is -2.44. The van der Waals surface area contributed by atoms with Crippen molar-refractivity contribution in [1.29, 1.82) is 0 Å². The highest BCUT2D eigenvalue weighted by atomic mass is 19.1. The van der Waals surface area contributed by atoms with Crippen LogP contribution in [-0.2, 0) is 6.54 Å². The van der Waals surface area contributed by atoms with Gasteiger partial charge in [0, 0.05) is 38.3 Å². The number of halogens is 1. The summed E-state index contributed by atoms with van der Waals surface area (Å²) < 4.78 is 24.0. The first kappa shape index (κ1) is 18.9. The fraction of sp³-hybridized carbons (Fsp3) is 0.409. The SMILES string of the molecule is CCC(C(=O)c1ccc(F)cc1)N1CCN(Cc2ccc3c(c2)OCO3)CC1. The first-order valence-corrected chi connectivity index (χ1v) is 9.79. The highest BCUT2D eigenvalue weighted by molar-refractivity contribution is 6.00. The third kappa shape index (κ3) is 4.03. The fourth-order valence-electron chi connectivity index (χ4n) is 3.95. The van der Waals surface area contributed by atoms with E-state index in [1.54, 1.807) is 12.1 Å². The van der Waals surface area contributed by atoms with Crippen molar-refractivity contribution in [1.82, 2.24) is 9.80 Å². The van der Waals surface area contributed by atoms with Gasteiger partial charge in [0.25, 0.3) is 0 Å². The van der Waals surface area contributed by atoms with Gasteiger partial charge >= 0.3 is 0 Å². The first-order valence-electron chi connectivity index (χ1n) is 9.79. The Balaban J connectivity index is 1.34. The molecule has 2 heterocycles. The minimum atomic E-state index is -0.318. The molecule has 1 fully saturated rings. The summed E-state index contributed by atoms with van der Waals surface area (Å²) in [5, 5.41) is 0. The van der Waals surface area contributed by atoms with Crippen LogP contribution >= 0.6 is 0 Å². The van der Waals surface area contributed by atoms with Crippen LogP contribution in [0.1, 0.15) is 29.3 Å². The molecule has 1 unspecified atom stereocenters. The van der Waals surface area contributed by atoms with Crippen LogP contribution < -0.4 is 9.47 Å². The number of ketones is 1. The normalized spacial score (nSPS) is 18.2. The first-order chi connectivity index (χ1) is 13.6. The van der Waals surface area contributed by atoms with Crippen molar-refractivity contribution >= 4 is 5.78 Å². The summed E-state index contributed by atoms with van der Waals surface area (Å²) in [5.74, 6) is 1.37. The van der Waals surface area contributed by atoms with Gasteiger partial charge in [0.15, 0.2) is 17.3 Å². The number of ether oxygens (including phenoxy) is 2. The van der Waals surface area contributed by atoms with Gasteiger partial charge < -0.3 is 9.47 Å². The van der Waals surface area contributed by atoms with E-state index in [1.165, 1.54) is 17.7 Å². The molecule has 2 aliphatic heterocycles. The number of benzene rings is 2. The summed E-state index contributed by atoms with van der Waals surface area (Å²) in [6, 6.07) is 11.8. The van der Waals surface area contributed by atoms with Gasteiger partial charge in [-0.25, -0.2) is 4.39 Å². The van der Waals surface area contributed by atoms with Crippen molar-refractivity contribution in [3.05, 3.63) is 59.4 Å². The molecule has 5 nitrogen and oxygen atoms in total. The van der Waals surface area contributed by atoms with E-state index >= 15 is 0 Å². The van der Waals surface area contributed by atoms with Crippen molar-refractivity contribution < 1.29 is 18.7 Å². The number of hydrogen-bond donors (Lipinski definition) is 0. The van der Waals surface area contributed by atoms with Crippen LogP contribution in [0.4, 0.5) is 4.39 Å². The number of rotatable bonds is 6. The topological polar surface area (TPSA) is 42.0 Å². The van der Waals surface area contributed by atoms with Crippen LogP contribution in [0.3, 0.4) is 0 Å². The molecule has 28 heavy (non-hydrogen) atoms. The van der Waals surface area contributed by atoms with Crippen LogP contribution in [0.15, 0.2) is 42.5 Å². The molecule has 2 aromatic rings. The Kier molecular flexibility index (Phi) is 5.59. The van der Waals surface area contributed by atoms with Gasteiger partial charge in [0.05, 0.1) is 6.04 Å². The molecule has 4 rings (SSSR count). The predicted molar refractivity (Wildman–Crippen MR) is 104 cm³/mol. The van der Waals surface area contributed by atoms with Crippen molar-refractivity contribution in [2.24, 2.45) is 0 Å². The van der Waals surface area contributed by atoms with Gasteiger partial charge in [-0.15, -0.1) is 0 Å². The highest BCUT2D eigenvalue weighted by Gasteiger charge is 2.28. The predicted octanol–water partition coefficient (Wildman–Crippen LogP) is 3.33. The highest BCUT2D eigenvalue weighted by Crippen LogP contribution is 2.32. The second-order valence-corrected chi connectivity index (χ2v) is 7.29. The largest absolute Gasteiger partial charge is 0.454 e. The molecule has 0 aromatic heterocycles. The Morgan fingerprint density at radius 2 is 1.75 bits per heavy atom. The lowest BCUT2D eigenvalue weighted by molar-refractivity contribution is 0.0643. The van der Waals surface area contributed by atoms with Crippen molar-refractivity contribution in [2.45, 2.75) is 25.9 Å². The van der Waals surface area contributed by atoms with Crippen molar-refractivity contribution in [3.63, 3.8) is 0 Å². The molecule has 0 aliphatic carbocycles. The molecular formula is C22H25FN2O3. The maximum atomic E-state index is 13.1. The molecule has 0 spiro atoms. The van der Waals surface area contributed by atoms with Gasteiger partial charge in [0.1, 0.15) is 5.82 Å². The van der Waals surface area contributed by atoms with E-state index in [9.17, 15) is 9.18 Å². The molecular weight excluding hydrogens is 359 g/mol. The quantitative estimate of drug-likeness (QED) is 0.715. The number of fused-ring (bicyclic) bond motifs is 1. The molecule has 0 amide bonds. The molecule has 148 valence electrons. The summed E-state index contributed by atoms with van der Waals surface area (Å²) in [7, 11) is 0. The molecule has 1 saturated heterocycles. The van der Waals surface area contributed by atoms with E-state index < -0.39 is 0 Å². The molecule has 0 bridgehead atoms. The zero-order chi connectivity index (χ0) is 19.5. The minimum absolute atomic E-state index is 0.0757. The molecule has 0 radical (unpaired) electrons. The number of carbonyl (C=O) groups excluding carboxylic acids is 1. The van der Waals surface area contributed by atoms with Crippen LogP contribution in [-0.4, -0.2) is 54.6 Å². The van der Waals surface area contributed by atoms with Crippen LogP contribution in [0.25, 0.3) is 0 Å². The van der Waals surface area contributed by atoms with Crippen molar-refractivity contribution in [3.8, 4) is 11.5 Å². The van der Waals surface area contributed by atoms with Gasteiger partial charge in [-0.05, 0) is 48.4 Å². The Morgan fingerprint density at radius 1 is 1.04 bits per heavy atom. The molecule has 2 aromatic carbocycles. The van der Waals surface area contributed by atoms with Crippen LogP contribution in [0.5, 0.6) is 11.5 Å². The zero-order valence-electron chi connectivity index (χ0n) is 16.1. The van der Waals surface area contributed by atoms with E-state index in [-0.39, 0.29) is 24.4 Å². The lowest BCUT2D eigenvalue weighted by Gasteiger charge is -2.38. The molecule has 1 atom stereocenters. The summed E-state index contributed by atoms with van der Waals surface area (Å²) >= 11 is 0. The Morgan fingerprint density at radius 3 is 2.46 bits per heavy atom. The van der Waals surface area contributed by atoms with Crippen LogP contribution in [0, 0.1) is 5.82 Å². The third-order valence-electron chi connectivity index (χ3n) is 5.51. The summed E-state index contributed by atoms with van der Waals surface area (Å²) in [4.78, 5) is 17.5. The van der Waals surface area contributed by atoms with E-state index in [0.29, 0.717) is 5.56 Å². The Labute approximate surface area is 164 Å². The molecule has 2 aliphatic rings. The maximum absolute atomic E-state index is 13.1. The van der Waals surface area contributed by atoms with E-state index in [0.717, 1.165) is 50.6 Å². The second-order valence-electron chi connectivity index (χ2n) is 7.29. The smallest absolute Gasteiger partial charge is 0.231 e. The number of piperazine rings is 1. The van der Waals surface area contributed by atoms with Gasteiger partial charge in [-0.2, -0.15) is 0 Å². The number of nitrogens with zero attached hydrogens (tertiary/aromatic N) is 2. The number of carbonyl (C=O) groups is 1. The van der Waals surface area contributed by atoms with E-state index in [2.05, 4.69) is 15.9 Å². The van der Waals surface area contributed by atoms with Crippen LogP contribution in [0.2, 0.25) is 0 Å². The average molecular weight is 384 g/mol. The molecule has 6 heteroatoms. The summed E-state index contributed by atoms with van der Waals surface area (Å²) in [5.41, 5.74) is 1.78. The Bertz CT molecular complexity index is 832. The summed E-state index contributed by atoms with van der Waals surface area (Å²) in [6.07, 6.45) is 0.748. The fourth-order valence-corrected chi connectivity index (χ4v) is 3.95. The lowest BCUT2D eigenvalue weighted by Crippen LogP contribution is -2.52. The van der Waals surface area contributed by atoms with E-state index in [4.69, 9.17) is 9.47 Å². The van der Waals surface area contributed by atoms with Gasteiger partial charge in [-0.1, -0.05) is 13.0 Å². The number of hydrogen-bond acceptors (Lipinski definition) is 5. The van der Waals surface area contributed by atoms with Gasteiger partial charge in [0.2, 0.25) is 6.79 Å². The molecule has 0 N–H and O–H groups in total. The third-order valence-corrected chi connectivity index (χ3v) is 5.51. The summed E-state index contributed by atoms with van der Waals surface area (Å²) in [6.45, 7) is 6.67. The number of Topliss-reactive ketones (excluding diaryl/α,β-unsaturated/α-hetero) is 1. The second kappa shape index (κ2) is 8.29. The lowest BCUT2D eigenvalue weighted by atomic mass is 10.00. The van der Waals surface area contributed by atoms with E-state index in [1.807, 2.05) is 19.1 Å².